The maximum atomic E-state index is 12.8. The van der Waals surface area contributed by atoms with Crippen LogP contribution in [0.15, 0.2) is 29.5 Å². The predicted octanol–water partition coefficient (Wildman–Crippen LogP) is 0.252. The molecule has 0 aromatic carbocycles. The summed E-state index contributed by atoms with van der Waals surface area (Å²) in [7, 11) is 3.42. The third-order valence-corrected chi connectivity index (χ3v) is 4.66. The van der Waals surface area contributed by atoms with Gasteiger partial charge in [-0.1, -0.05) is 0 Å². The molecule has 1 fully saturated rings. The molecule has 9 heteroatoms. The molecule has 1 aliphatic rings. The lowest BCUT2D eigenvalue weighted by molar-refractivity contribution is -0.133. The standard InChI is InChI=1S/C18H26N6O3/c1-21-12-15(10-19-21)13-23(7-8-27-2)18(26)14-24-17(25)9-16(11-20-24)22-5-3-4-6-22/h9-12H,3-8,13-14H2,1-2H3. The Morgan fingerprint density at radius 1 is 1.26 bits per heavy atom. The van der Waals surface area contributed by atoms with Gasteiger partial charge in [-0.2, -0.15) is 10.2 Å². The Labute approximate surface area is 158 Å². The minimum atomic E-state index is -0.263. The number of aromatic nitrogens is 4. The third kappa shape index (κ3) is 4.94. The average Bonchev–Trinajstić information content (AvgIpc) is 3.32. The fraction of sp³-hybridized carbons (Fsp3) is 0.556. The molecule has 27 heavy (non-hydrogen) atoms. The molecule has 9 nitrogen and oxygen atoms in total. The van der Waals surface area contributed by atoms with Crippen LogP contribution in [0.4, 0.5) is 5.69 Å². The van der Waals surface area contributed by atoms with Gasteiger partial charge in [-0.3, -0.25) is 14.3 Å². The number of methoxy groups -OCH3 is 1. The summed E-state index contributed by atoms with van der Waals surface area (Å²) in [5.74, 6) is -0.181. The van der Waals surface area contributed by atoms with E-state index in [1.807, 2.05) is 13.2 Å². The Morgan fingerprint density at radius 3 is 2.67 bits per heavy atom. The summed E-state index contributed by atoms with van der Waals surface area (Å²) >= 11 is 0. The first-order chi connectivity index (χ1) is 13.1. The van der Waals surface area contributed by atoms with Crippen molar-refractivity contribution in [3.05, 3.63) is 40.6 Å². The molecule has 146 valence electrons. The Kier molecular flexibility index (Phi) is 6.23. The van der Waals surface area contributed by atoms with Crippen molar-refractivity contribution in [3.63, 3.8) is 0 Å². The summed E-state index contributed by atoms with van der Waals surface area (Å²) in [5, 5.41) is 8.33. The molecule has 1 aliphatic heterocycles. The molecule has 0 unspecified atom stereocenters. The first-order valence-corrected chi connectivity index (χ1v) is 9.13. The van der Waals surface area contributed by atoms with Crippen LogP contribution < -0.4 is 10.5 Å². The second-order valence-corrected chi connectivity index (χ2v) is 6.73. The summed E-state index contributed by atoms with van der Waals surface area (Å²) in [6.07, 6.45) is 7.51. The maximum Gasteiger partial charge on any atom is 0.269 e. The van der Waals surface area contributed by atoms with Gasteiger partial charge in [0.2, 0.25) is 5.91 Å². The Bertz CT molecular complexity index is 824. The van der Waals surface area contributed by atoms with Crippen LogP contribution in [0.5, 0.6) is 0 Å². The zero-order chi connectivity index (χ0) is 19.2. The van der Waals surface area contributed by atoms with E-state index in [1.54, 1.807) is 35.2 Å². The molecule has 0 saturated carbocycles. The van der Waals surface area contributed by atoms with Crippen LogP contribution in [-0.4, -0.2) is 63.7 Å². The van der Waals surface area contributed by atoms with Gasteiger partial charge >= 0.3 is 0 Å². The van der Waals surface area contributed by atoms with E-state index >= 15 is 0 Å². The molecule has 2 aromatic rings. The van der Waals surface area contributed by atoms with Crippen LogP contribution in [0.1, 0.15) is 18.4 Å². The maximum absolute atomic E-state index is 12.8. The highest BCUT2D eigenvalue weighted by Crippen LogP contribution is 2.16. The quantitative estimate of drug-likeness (QED) is 0.659. The molecular formula is C18H26N6O3. The number of ether oxygens (including phenoxy) is 1. The Morgan fingerprint density at radius 2 is 2.04 bits per heavy atom. The number of rotatable bonds is 8. The van der Waals surface area contributed by atoms with Crippen molar-refractivity contribution in [3.8, 4) is 0 Å². The number of carbonyl (C=O) groups is 1. The fourth-order valence-corrected chi connectivity index (χ4v) is 3.19. The lowest BCUT2D eigenvalue weighted by Crippen LogP contribution is -2.38. The number of nitrogens with zero attached hydrogens (tertiary/aromatic N) is 6. The van der Waals surface area contributed by atoms with E-state index in [4.69, 9.17) is 4.74 Å². The molecule has 3 heterocycles. The predicted molar refractivity (Wildman–Crippen MR) is 100 cm³/mol. The van der Waals surface area contributed by atoms with Crippen molar-refractivity contribution < 1.29 is 9.53 Å². The van der Waals surface area contributed by atoms with Crippen LogP contribution in [0.25, 0.3) is 0 Å². The molecule has 2 aromatic heterocycles. The minimum Gasteiger partial charge on any atom is -0.383 e. The minimum absolute atomic E-state index is 0.0942. The SMILES string of the molecule is COCCN(Cc1cnn(C)c1)C(=O)Cn1ncc(N2CCCC2)cc1=O. The molecule has 0 aliphatic carbocycles. The fourth-order valence-electron chi connectivity index (χ4n) is 3.19. The molecule has 1 saturated heterocycles. The van der Waals surface area contributed by atoms with E-state index in [9.17, 15) is 9.59 Å². The molecule has 3 rings (SSSR count). The van der Waals surface area contributed by atoms with Gasteiger partial charge in [-0.05, 0) is 12.8 Å². The van der Waals surface area contributed by atoms with Gasteiger partial charge in [0, 0.05) is 58.2 Å². The summed E-state index contributed by atoms with van der Waals surface area (Å²) in [6.45, 7) is 3.06. The number of hydrogen-bond donors (Lipinski definition) is 0. The summed E-state index contributed by atoms with van der Waals surface area (Å²) in [5.41, 5.74) is 1.49. The molecule has 0 N–H and O–H groups in total. The second-order valence-electron chi connectivity index (χ2n) is 6.73. The first-order valence-electron chi connectivity index (χ1n) is 9.13. The summed E-state index contributed by atoms with van der Waals surface area (Å²) in [4.78, 5) is 29.0. The number of amides is 1. The van der Waals surface area contributed by atoms with E-state index in [-0.39, 0.29) is 18.0 Å². The lowest BCUT2D eigenvalue weighted by Gasteiger charge is -2.22. The molecule has 1 amide bonds. The smallest absolute Gasteiger partial charge is 0.269 e. The van der Waals surface area contributed by atoms with Crippen molar-refractivity contribution in [1.82, 2.24) is 24.5 Å². The van der Waals surface area contributed by atoms with Crippen molar-refractivity contribution in [2.75, 3.05) is 38.3 Å². The van der Waals surface area contributed by atoms with Gasteiger partial charge in [-0.25, -0.2) is 4.68 Å². The van der Waals surface area contributed by atoms with E-state index in [0.29, 0.717) is 19.7 Å². The van der Waals surface area contributed by atoms with E-state index in [2.05, 4.69) is 15.1 Å². The highest BCUT2D eigenvalue weighted by molar-refractivity contribution is 5.75. The average molecular weight is 374 g/mol. The van der Waals surface area contributed by atoms with E-state index in [1.165, 1.54) is 4.68 Å². The summed E-state index contributed by atoms with van der Waals surface area (Å²) in [6, 6.07) is 1.56. The number of carbonyl (C=O) groups excluding carboxylic acids is 1. The van der Waals surface area contributed by atoms with Crippen LogP contribution in [0, 0.1) is 0 Å². The van der Waals surface area contributed by atoms with Crippen LogP contribution in [0.2, 0.25) is 0 Å². The Hall–Kier alpha value is -2.68. The first kappa shape index (κ1) is 19.1. The normalized spacial score (nSPS) is 13.9. The van der Waals surface area contributed by atoms with Gasteiger partial charge in [0.1, 0.15) is 6.54 Å². The van der Waals surface area contributed by atoms with Crippen LogP contribution >= 0.6 is 0 Å². The van der Waals surface area contributed by atoms with Gasteiger partial charge in [0.25, 0.3) is 5.56 Å². The van der Waals surface area contributed by atoms with Gasteiger partial charge in [0.05, 0.1) is 24.7 Å². The lowest BCUT2D eigenvalue weighted by atomic mass is 10.3. The van der Waals surface area contributed by atoms with E-state index < -0.39 is 0 Å². The third-order valence-electron chi connectivity index (χ3n) is 4.66. The zero-order valence-corrected chi connectivity index (χ0v) is 15.9. The van der Waals surface area contributed by atoms with Crippen molar-refractivity contribution in [1.29, 1.82) is 0 Å². The molecular weight excluding hydrogens is 348 g/mol. The number of hydrogen-bond acceptors (Lipinski definition) is 6. The van der Waals surface area contributed by atoms with Crippen molar-refractivity contribution >= 4 is 11.6 Å². The van der Waals surface area contributed by atoms with E-state index in [0.717, 1.165) is 37.2 Å². The highest BCUT2D eigenvalue weighted by atomic mass is 16.5. The van der Waals surface area contributed by atoms with Crippen molar-refractivity contribution in [2.45, 2.75) is 25.9 Å². The number of anilines is 1. The Balaban J connectivity index is 1.69. The molecule has 0 spiro atoms. The highest BCUT2D eigenvalue weighted by Gasteiger charge is 2.18. The molecule has 0 atom stereocenters. The molecule has 0 bridgehead atoms. The summed E-state index contributed by atoms with van der Waals surface area (Å²) < 4.78 is 8.01. The monoisotopic (exact) mass is 374 g/mol. The number of aryl methyl sites for hydroxylation is 1. The van der Waals surface area contributed by atoms with Crippen molar-refractivity contribution in [2.24, 2.45) is 7.05 Å². The van der Waals surface area contributed by atoms with Gasteiger partial charge in [-0.15, -0.1) is 0 Å². The van der Waals surface area contributed by atoms with Gasteiger partial charge in [0.15, 0.2) is 0 Å². The molecule has 0 radical (unpaired) electrons. The van der Waals surface area contributed by atoms with Crippen LogP contribution in [0.3, 0.4) is 0 Å². The zero-order valence-electron chi connectivity index (χ0n) is 15.9. The van der Waals surface area contributed by atoms with Gasteiger partial charge < -0.3 is 14.5 Å². The topological polar surface area (TPSA) is 85.5 Å². The van der Waals surface area contributed by atoms with Crippen LogP contribution in [-0.2, 0) is 29.7 Å². The second kappa shape index (κ2) is 8.81. The largest absolute Gasteiger partial charge is 0.383 e.